The van der Waals surface area contributed by atoms with Gasteiger partial charge in [-0.2, -0.15) is 0 Å². The Hall–Kier alpha value is -1.50. The summed E-state index contributed by atoms with van der Waals surface area (Å²) in [5.74, 6) is -1.11. The van der Waals surface area contributed by atoms with Gasteiger partial charge in [0.2, 0.25) is 5.95 Å². The van der Waals surface area contributed by atoms with E-state index in [0.29, 0.717) is 18.9 Å². The van der Waals surface area contributed by atoms with Gasteiger partial charge >= 0.3 is 5.97 Å². The topological polar surface area (TPSA) is 99.0 Å². The van der Waals surface area contributed by atoms with Crippen molar-refractivity contribution < 1.29 is 9.90 Å². The van der Waals surface area contributed by atoms with Crippen molar-refractivity contribution in [3.05, 3.63) is 16.9 Å². The number of nitrogens with zero attached hydrogens (tertiary/aromatic N) is 2. The molecule has 92 valence electrons. The van der Waals surface area contributed by atoms with Crippen LogP contribution in [0.25, 0.3) is 0 Å². The SMILES string of the molecule is CCC(CNc1ncc(Br)cn1)C(=N)C(=O)O. The number of hydrogen-bond donors (Lipinski definition) is 3. The molecule has 0 saturated carbocycles. The zero-order valence-electron chi connectivity index (χ0n) is 9.27. The molecule has 1 heterocycles. The lowest BCUT2D eigenvalue weighted by Crippen LogP contribution is -2.28. The average Bonchev–Trinajstić information content (AvgIpc) is 2.31. The average molecular weight is 301 g/mol. The number of carboxylic acids is 1. The Morgan fingerprint density at radius 1 is 1.59 bits per heavy atom. The molecule has 1 aromatic rings. The standard InChI is InChI=1S/C10H13BrN4O2/c1-2-6(8(12)9(16)17)3-13-10-14-4-7(11)5-15-10/h4-6,12H,2-3H2,1H3,(H,16,17)(H,13,14,15). The van der Waals surface area contributed by atoms with E-state index in [9.17, 15) is 4.79 Å². The van der Waals surface area contributed by atoms with E-state index >= 15 is 0 Å². The Bertz CT molecular complexity index is 407. The highest BCUT2D eigenvalue weighted by atomic mass is 79.9. The monoisotopic (exact) mass is 300 g/mol. The van der Waals surface area contributed by atoms with Crippen LogP contribution < -0.4 is 5.32 Å². The van der Waals surface area contributed by atoms with E-state index in [1.54, 1.807) is 12.4 Å². The molecule has 3 N–H and O–H groups in total. The van der Waals surface area contributed by atoms with E-state index in [-0.39, 0.29) is 11.6 Å². The van der Waals surface area contributed by atoms with Gasteiger partial charge in [-0.25, -0.2) is 14.8 Å². The van der Waals surface area contributed by atoms with Gasteiger partial charge in [0.05, 0.1) is 4.47 Å². The van der Waals surface area contributed by atoms with Crippen LogP contribution in [0.15, 0.2) is 16.9 Å². The maximum Gasteiger partial charge on any atom is 0.349 e. The lowest BCUT2D eigenvalue weighted by Gasteiger charge is -2.13. The highest BCUT2D eigenvalue weighted by Gasteiger charge is 2.18. The molecule has 6 nitrogen and oxygen atoms in total. The Labute approximate surface area is 107 Å². The smallest absolute Gasteiger partial charge is 0.349 e. The summed E-state index contributed by atoms with van der Waals surface area (Å²) in [7, 11) is 0. The molecule has 17 heavy (non-hydrogen) atoms. The summed E-state index contributed by atoms with van der Waals surface area (Å²) in [6.07, 6.45) is 3.77. The highest BCUT2D eigenvalue weighted by molar-refractivity contribution is 9.10. The van der Waals surface area contributed by atoms with Gasteiger partial charge in [-0.05, 0) is 22.4 Å². The van der Waals surface area contributed by atoms with Gasteiger partial charge in [0.15, 0.2) is 0 Å². The first kappa shape index (κ1) is 13.6. The first-order valence-electron chi connectivity index (χ1n) is 5.07. The Kier molecular flexibility index (Phi) is 5.02. The van der Waals surface area contributed by atoms with Crippen molar-refractivity contribution >= 4 is 33.6 Å². The zero-order valence-corrected chi connectivity index (χ0v) is 10.9. The Morgan fingerprint density at radius 2 is 2.18 bits per heavy atom. The van der Waals surface area contributed by atoms with Gasteiger partial charge in [0.1, 0.15) is 5.71 Å². The quantitative estimate of drug-likeness (QED) is 0.696. The summed E-state index contributed by atoms with van der Waals surface area (Å²) in [5, 5.41) is 19.1. The molecule has 7 heteroatoms. The van der Waals surface area contributed by atoms with E-state index in [4.69, 9.17) is 10.5 Å². The van der Waals surface area contributed by atoms with Crippen LogP contribution in [0.5, 0.6) is 0 Å². The molecule has 0 fully saturated rings. The molecule has 1 atom stereocenters. The maximum atomic E-state index is 10.7. The number of rotatable bonds is 6. The van der Waals surface area contributed by atoms with Gasteiger partial charge in [-0.15, -0.1) is 0 Å². The number of nitrogens with one attached hydrogen (secondary N) is 2. The van der Waals surface area contributed by atoms with Gasteiger partial charge in [-0.3, -0.25) is 5.41 Å². The van der Waals surface area contributed by atoms with Crippen molar-refractivity contribution in [2.24, 2.45) is 5.92 Å². The van der Waals surface area contributed by atoms with Crippen LogP contribution in [0, 0.1) is 11.3 Å². The third-order valence-electron chi connectivity index (χ3n) is 2.26. The van der Waals surface area contributed by atoms with Crippen LogP contribution in [0.1, 0.15) is 13.3 Å². The third kappa shape index (κ3) is 4.10. The third-order valence-corrected chi connectivity index (χ3v) is 2.67. The fraction of sp³-hybridized carbons (Fsp3) is 0.400. The first-order chi connectivity index (χ1) is 8.04. The molecule has 0 amide bonds. The molecule has 0 radical (unpaired) electrons. The second-order valence-electron chi connectivity index (χ2n) is 3.43. The number of carboxylic acid groups (broad SMARTS) is 1. The maximum absolute atomic E-state index is 10.7. The molecule has 0 saturated heterocycles. The minimum absolute atomic E-state index is 0.294. The summed E-state index contributed by atoms with van der Waals surface area (Å²) in [6.45, 7) is 2.18. The van der Waals surface area contributed by atoms with Crippen LogP contribution in [0.2, 0.25) is 0 Å². The molecule has 0 aromatic carbocycles. The molecular formula is C10H13BrN4O2. The fourth-order valence-corrected chi connectivity index (χ4v) is 1.45. The highest BCUT2D eigenvalue weighted by Crippen LogP contribution is 2.09. The zero-order chi connectivity index (χ0) is 12.8. The van der Waals surface area contributed by atoms with E-state index in [0.717, 1.165) is 4.47 Å². The number of carbonyl (C=O) groups is 1. The summed E-state index contributed by atoms with van der Waals surface area (Å²) in [6, 6.07) is 0. The van der Waals surface area contributed by atoms with Crippen LogP contribution in [0.4, 0.5) is 5.95 Å². The predicted octanol–water partition coefficient (Wildman–Crippen LogP) is 1.78. The van der Waals surface area contributed by atoms with Gasteiger partial charge in [0, 0.05) is 24.9 Å². The molecule has 0 aliphatic rings. The number of anilines is 1. The predicted molar refractivity (Wildman–Crippen MR) is 67.4 cm³/mol. The molecule has 1 unspecified atom stereocenters. The number of halogens is 1. The lowest BCUT2D eigenvalue weighted by molar-refractivity contribution is -0.129. The van der Waals surface area contributed by atoms with E-state index < -0.39 is 5.97 Å². The van der Waals surface area contributed by atoms with Crippen molar-refractivity contribution in [3.63, 3.8) is 0 Å². The van der Waals surface area contributed by atoms with Crippen LogP contribution in [0.3, 0.4) is 0 Å². The van der Waals surface area contributed by atoms with Crippen molar-refractivity contribution in [2.45, 2.75) is 13.3 Å². The summed E-state index contributed by atoms with van der Waals surface area (Å²) >= 11 is 3.22. The van der Waals surface area contributed by atoms with Gasteiger partial charge in [-0.1, -0.05) is 6.92 Å². The van der Waals surface area contributed by atoms with Crippen molar-refractivity contribution in [1.29, 1.82) is 5.41 Å². The molecule has 0 spiro atoms. The van der Waals surface area contributed by atoms with Crippen molar-refractivity contribution in [1.82, 2.24) is 9.97 Å². The molecule has 0 aliphatic heterocycles. The van der Waals surface area contributed by atoms with Crippen molar-refractivity contribution in [2.75, 3.05) is 11.9 Å². The second kappa shape index (κ2) is 6.29. The van der Waals surface area contributed by atoms with Gasteiger partial charge < -0.3 is 10.4 Å². The molecular weight excluding hydrogens is 288 g/mol. The Morgan fingerprint density at radius 3 is 2.65 bits per heavy atom. The second-order valence-corrected chi connectivity index (χ2v) is 4.35. The van der Waals surface area contributed by atoms with Crippen LogP contribution in [-0.2, 0) is 4.79 Å². The van der Waals surface area contributed by atoms with E-state index in [1.807, 2.05) is 6.92 Å². The minimum Gasteiger partial charge on any atom is -0.477 e. The molecule has 1 rings (SSSR count). The molecule has 0 aliphatic carbocycles. The number of aliphatic carboxylic acids is 1. The normalized spacial score (nSPS) is 11.9. The van der Waals surface area contributed by atoms with Crippen molar-refractivity contribution in [3.8, 4) is 0 Å². The summed E-state index contributed by atoms with van der Waals surface area (Å²) in [4.78, 5) is 18.7. The minimum atomic E-state index is -1.18. The molecule has 0 bridgehead atoms. The number of hydrogen-bond acceptors (Lipinski definition) is 5. The Balaban J connectivity index is 2.56. The largest absolute Gasteiger partial charge is 0.477 e. The van der Waals surface area contributed by atoms with Gasteiger partial charge in [0.25, 0.3) is 0 Å². The fourth-order valence-electron chi connectivity index (χ4n) is 1.24. The molecule has 1 aromatic heterocycles. The van der Waals surface area contributed by atoms with E-state index in [1.165, 1.54) is 0 Å². The van der Waals surface area contributed by atoms with E-state index in [2.05, 4.69) is 31.2 Å². The van der Waals surface area contributed by atoms with Crippen LogP contribution in [-0.4, -0.2) is 33.3 Å². The number of aromatic nitrogens is 2. The summed E-state index contributed by atoms with van der Waals surface area (Å²) in [5.41, 5.74) is -0.294. The first-order valence-corrected chi connectivity index (χ1v) is 5.87. The lowest BCUT2D eigenvalue weighted by atomic mass is 10.0. The van der Waals surface area contributed by atoms with Crippen LogP contribution >= 0.6 is 15.9 Å². The summed E-state index contributed by atoms with van der Waals surface area (Å²) < 4.78 is 0.772.